The summed E-state index contributed by atoms with van der Waals surface area (Å²) in [6, 6.07) is 9.84. The van der Waals surface area contributed by atoms with Crippen molar-refractivity contribution in [1.29, 1.82) is 0 Å². The van der Waals surface area contributed by atoms with Crippen LogP contribution in [0.5, 0.6) is 11.5 Å². The predicted molar refractivity (Wildman–Crippen MR) is 95.9 cm³/mol. The molecule has 24 heavy (non-hydrogen) atoms. The highest BCUT2D eigenvalue weighted by Crippen LogP contribution is 2.36. The molecular weight excluding hydrogens is 328 g/mol. The first-order valence-corrected chi connectivity index (χ1v) is 7.87. The fourth-order valence-corrected chi connectivity index (χ4v) is 2.57. The van der Waals surface area contributed by atoms with Gasteiger partial charge in [0.1, 0.15) is 0 Å². The minimum Gasteiger partial charge on any atom is -0.493 e. The third-order valence-electron chi connectivity index (χ3n) is 3.52. The monoisotopic (exact) mass is 348 g/mol. The zero-order chi connectivity index (χ0) is 17.7. The average Bonchev–Trinajstić information content (AvgIpc) is 2.53. The molecule has 0 fully saturated rings. The molecular formula is C18H21ClN2O3. The highest BCUT2D eigenvalue weighted by molar-refractivity contribution is 6.32. The van der Waals surface area contributed by atoms with E-state index in [1.165, 1.54) is 18.2 Å². The molecule has 0 unspecified atom stereocenters. The number of hydrogen-bond donors (Lipinski definition) is 2. The Bertz CT molecular complexity index is 747. The van der Waals surface area contributed by atoms with E-state index in [0.29, 0.717) is 23.1 Å². The molecule has 0 saturated heterocycles. The highest BCUT2D eigenvalue weighted by Gasteiger charge is 2.13. The number of primary amides is 1. The fraction of sp³-hybridized carbons (Fsp3) is 0.278. The molecule has 0 heterocycles. The summed E-state index contributed by atoms with van der Waals surface area (Å²) in [4.78, 5) is 10.9. The van der Waals surface area contributed by atoms with Crippen LogP contribution in [0.1, 0.15) is 16.7 Å². The minimum absolute atomic E-state index is 0.254. The number of amides is 1. The second-order valence-electron chi connectivity index (χ2n) is 5.54. The van der Waals surface area contributed by atoms with E-state index in [1.54, 1.807) is 6.07 Å². The van der Waals surface area contributed by atoms with E-state index in [1.807, 2.05) is 6.07 Å². The van der Waals surface area contributed by atoms with Gasteiger partial charge in [-0.2, -0.15) is 0 Å². The van der Waals surface area contributed by atoms with Gasteiger partial charge in [-0.3, -0.25) is 4.79 Å². The summed E-state index contributed by atoms with van der Waals surface area (Å²) in [5.74, 6) is 0.198. The molecule has 0 saturated carbocycles. The highest BCUT2D eigenvalue weighted by atomic mass is 35.5. The molecule has 0 atom stereocenters. The average molecular weight is 349 g/mol. The Labute approximate surface area is 146 Å². The number of nitrogens with two attached hydrogens (primary N) is 1. The van der Waals surface area contributed by atoms with Gasteiger partial charge in [-0.05, 0) is 48.7 Å². The Morgan fingerprint density at radius 1 is 1.25 bits per heavy atom. The Morgan fingerprint density at radius 2 is 2.00 bits per heavy atom. The second-order valence-corrected chi connectivity index (χ2v) is 5.94. The van der Waals surface area contributed by atoms with Crippen molar-refractivity contribution in [3.63, 3.8) is 0 Å². The van der Waals surface area contributed by atoms with Crippen molar-refractivity contribution >= 4 is 23.2 Å². The van der Waals surface area contributed by atoms with Gasteiger partial charge in [0.25, 0.3) is 5.91 Å². The van der Waals surface area contributed by atoms with Crippen molar-refractivity contribution in [2.75, 3.05) is 19.0 Å². The summed E-state index contributed by atoms with van der Waals surface area (Å²) in [6.07, 6.45) is 0. The van der Waals surface area contributed by atoms with Crippen molar-refractivity contribution in [3.05, 3.63) is 52.0 Å². The van der Waals surface area contributed by atoms with Crippen molar-refractivity contribution in [2.24, 2.45) is 5.73 Å². The first-order valence-electron chi connectivity index (χ1n) is 7.49. The summed E-state index contributed by atoms with van der Waals surface area (Å²) < 4.78 is 10.6. The molecule has 1 amide bonds. The van der Waals surface area contributed by atoms with Crippen LogP contribution in [0.4, 0.5) is 5.69 Å². The predicted octanol–water partition coefficient (Wildman–Crippen LogP) is 3.44. The molecule has 3 N–H and O–H groups in total. The molecule has 0 bridgehead atoms. The van der Waals surface area contributed by atoms with Gasteiger partial charge < -0.3 is 20.5 Å². The number of methoxy groups -OCH3 is 1. The number of aryl methyl sites for hydroxylation is 2. The molecule has 0 spiro atoms. The van der Waals surface area contributed by atoms with Crippen LogP contribution in [0.2, 0.25) is 5.02 Å². The fourth-order valence-electron chi connectivity index (χ4n) is 2.28. The number of rotatable bonds is 7. The summed E-state index contributed by atoms with van der Waals surface area (Å²) in [5, 5.41) is 3.76. The molecule has 0 radical (unpaired) electrons. The maximum atomic E-state index is 10.9. The number of carbonyl (C=O) groups is 1. The molecule has 5 nitrogen and oxygen atoms in total. The van der Waals surface area contributed by atoms with E-state index in [-0.39, 0.29) is 6.61 Å². The zero-order valence-electron chi connectivity index (χ0n) is 14.0. The maximum Gasteiger partial charge on any atom is 0.255 e. The van der Waals surface area contributed by atoms with Crippen molar-refractivity contribution in [2.45, 2.75) is 20.4 Å². The number of carbonyl (C=O) groups excluding carboxylic acids is 1. The van der Waals surface area contributed by atoms with Gasteiger partial charge in [0.15, 0.2) is 18.1 Å². The molecule has 6 heteroatoms. The topological polar surface area (TPSA) is 73.6 Å². The van der Waals surface area contributed by atoms with E-state index in [4.69, 9.17) is 26.8 Å². The van der Waals surface area contributed by atoms with Gasteiger partial charge >= 0.3 is 0 Å². The lowest BCUT2D eigenvalue weighted by Gasteiger charge is -2.15. The second kappa shape index (κ2) is 7.93. The lowest BCUT2D eigenvalue weighted by Crippen LogP contribution is -2.20. The number of halogens is 1. The largest absolute Gasteiger partial charge is 0.493 e. The summed E-state index contributed by atoms with van der Waals surface area (Å²) in [7, 11) is 1.52. The molecule has 2 aromatic carbocycles. The van der Waals surface area contributed by atoms with Gasteiger partial charge in [-0.15, -0.1) is 0 Å². The van der Waals surface area contributed by atoms with Crippen LogP contribution in [0.25, 0.3) is 0 Å². The standard InChI is InChI=1S/C18H21ClN2O3/c1-11-4-5-12(2)15(6-11)21-9-13-7-14(19)18(16(8-13)23-3)24-10-17(20)22/h4-8,21H,9-10H2,1-3H3,(H2,20,22). The Balaban J connectivity index is 2.17. The van der Waals surface area contributed by atoms with Crippen molar-refractivity contribution in [1.82, 2.24) is 0 Å². The van der Waals surface area contributed by atoms with E-state index in [9.17, 15) is 4.79 Å². The lowest BCUT2D eigenvalue weighted by atomic mass is 10.1. The third kappa shape index (κ3) is 4.55. The van der Waals surface area contributed by atoms with Crippen molar-refractivity contribution < 1.29 is 14.3 Å². The Hall–Kier alpha value is -2.40. The van der Waals surface area contributed by atoms with Crippen LogP contribution in [-0.2, 0) is 11.3 Å². The quantitative estimate of drug-likeness (QED) is 0.803. The smallest absolute Gasteiger partial charge is 0.255 e. The molecule has 0 aliphatic heterocycles. The van der Waals surface area contributed by atoms with Crippen LogP contribution >= 0.6 is 11.6 Å². The van der Waals surface area contributed by atoms with Gasteiger partial charge in [0.05, 0.1) is 12.1 Å². The SMILES string of the molecule is COc1cc(CNc2cc(C)ccc2C)cc(Cl)c1OCC(N)=O. The van der Waals surface area contributed by atoms with E-state index in [2.05, 4.69) is 37.4 Å². The van der Waals surface area contributed by atoms with Crippen LogP contribution in [0, 0.1) is 13.8 Å². The first kappa shape index (κ1) is 17.9. The minimum atomic E-state index is -0.575. The number of anilines is 1. The summed E-state index contributed by atoms with van der Waals surface area (Å²) in [5.41, 5.74) is 9.45. The van der Waals surface area contributed by atoms with Gasteiger partial charge in [0, 0.05) is 12.2 Å². The summed E-state index contributed by atoms with van der Waals surface area (Å²) in [6.45, 7) is 4.43. The summed E-state index contributed by atoms with van der Waals surface area (Å²) >= 11 is 6.25. The first-order chi connectivity index (χ1) is 11.4. The van der Waals surface area contributed by atoms with Gasteiger partial charge in [-0.1, -0.05) is 23.7 Å². The molecule has 2 aromatic rings. The number of nitrogens with one attached hydrogen (secondary N) is 1. The number of benzene rings is 2. The van der Waals surface area contributed by atoms with Gasteiger partial charge in [0.2, 0.25) is 0 Å². The molecule has 0 aliphatic carbocycles. The molecule has 128 valence electrons. The Kier molecular flexibility index (Phi) is 5.93. The Morgan fingerprint density at radius 3 is 2.67 bits per heavy atom. The molecule has 0 aromatic heterocycles. The normalized spacial score (nSPS) is 10.3. The van der Waals surface area contributed by atoms with Crippen LogP contribution in [0.3, 0.4) is 0 Å². The van der Waals surface area contributed by atoms with Crippen LogP contribution < -0.4 is 20.5 Å². The van der Waals surface area contributed by atoms with E-state index in [0.717, 1.165) is 11.3 Å². The van der Waals surface area contributed by atoms with Gasteiger partial charge in [-0.25, -0.2) is 0 Å². The van der Waals surface area contributed by atoms with Crippen LogP contribution in [0.15, 0.2) is 30.3 Å². The maximum absolute atomic E-state index is 10.9. The number of ether oxygens (including phenoxy) is 2. The van der Waals surface area contributed by atoms with Crippen molar-refractivity contribution in [3.8, 4) is 11.5 Å². The molecule has 2 rings (SSSR count). The van der Waals surface area contributed by atoms with Crippen LogP contribution in [-0.4, -0.2) is 19.6 Å². The zero-order valence-corrected chi connectivity index (χ0v) is 14.7. The van der Waals surface area contributed by atoms with E-state index >= 15 is 0 Å². The molecule has 0 aliphatic rings. The number of hydrogen-bond acceptors (Lipinski definition) is 4. The van der Waals surface area contributed by atoms with E-state index < -0.39 is 5.91 Å². The lowest BCUT2D eigenvalue weighted by molar-refractivity contribution is -0.119. The third-order valence-corrected chi connectivity index (χ3v) is 3.80.